The van der Waals surface area contributed by atoms with Crippen molar-refractivity contribution in [2.45, 2.75) is 39.7 Å². The molecule has 2 aromatic heterocycles. The van der Waals surface area contributed by atoms with Gasteiger partial charge in [-0.3, -0.25) is 4.79 Å². The van der Waals surface area contributed by atoms with E-state index in [1.165, 1.54) is 10.2 Å². The second kappa shape index (κ2) is 10.7. The fourth-order valence-electron chi connectivity index (χ4n) is 4.54. The highest BCUT2D eigenvalue weighted by molar-refractivity contribution is 9.11. The topological polar surface area (TPSA) is 52.2 Å². The third-order valence-corrected chi connectivity index (χ3v) is 8.54. The first-order chi connectivity index (χ1) is 17.8. The molecule has 0 bridgehead atoms. The number of benzene rings is 3. The molecular weight excluding hydrogens is 660 g/mol. The summed E-state index contributed by atoms with van der Waals surface area (Å²) in [5.41, 5.74) is 4.87. The molecule has 0 aliphatic carbocycles. The van der Waals surface area contributed by atoms with Gasteiger partial charge in [0, 0.05) is 48.0 Å². The smallest absolute Gasteiger partial charge is 0.282 e. The second-order valence-corrected chi connectivity index (χ2v) is 11.8. The van der Waals surface area contributed by atoms with Crippen molar-refractivity contribution in [3.8, 4) is 0 Å². The van der Waals surface area contributed by atoms with E-state index < -0.39 is 0 Å². The normalized spacial score (nSPS) is 12.7. The Morgan fingerprint density at radius 3 is 2.49 bits per heavy atom. The molecule has 3 aromatic carbocycles. The molecule has 0 radical (unpaired) electrons. The summed E-state index contributed by atoms with van der Waals surface area (Å²) in [6.07, 6.45) is 2.66. The van der Waals surface area contributed by atoms with Crippen LogP contribution < -0.4 is 5.56 Å². The summed E-state index contributed by atoms with van der Waals surface area (Å²) in [4.78, 5) is 18.4. The summed E-state index contributed by atoms with van der Waals surface area (Å²) in [5, 5.41) is 6.39. The predicted molar refractivity (Wildman–Crippen MR) is 163 cm³/mol. The van der Waals surface area contributed by atoms with E-state index in [-0.39, 0.29) is 11.5 Å². The van der Waals surface area contributed by atoms with Crippen molar-refractivity contribution in [3.63, 3.8) is 0 Å². The largest absolute Gasteiger partial charge is 0.340 e. The van der Waals surface area contributed by atoms with Crippen LogP contribution in [0.4, 0.5) is 0 Å². The van der Waals surface area contributed by atoms with Crippen LogP contribution in [0.5, 0.6) is 0 Å². The molecule has 0 spiro atoms. The van der Waals surface area contributed by atoms with Gasteiger partial charge in [-0.15, -0.1) is 0 Å². The molecule has 0 aliphatic heterocycles. The van der Waals surface area contributed by atoms with Crippen LogP contribution in [0, 0.1) is 6.92 Å². The van der Waals surface area contributed by atoms with E-state index in [1.54, 1.807) is 0 Å². The Kier molecular flexibility index (Phi) is 7.52. The molecule has 5 aromatic rings. The summed E-state index contributed by atoms with van der Waals surface area (Å²) in [5.74, 6) is 0.744. The first-order valence-electron chi connectivity index (χ1n) is 12.1. The highest BCUT2D eigenvalue weighted by Crippen LogP contribution is 2.29. The molecule has 5 nitrogen and oxygen atoms in total. The van der Waals surface area contributed by atoms with E-state index in [0.29, 0.717) is 23.3 Å². The van der Waals surface area contributed by atoms with E-state index in [9.17, 15) is 4.79 Å². The third-order valence-electron chi connectivity index (χ3n) is 6.81. The minimum atomic E-state index is -0.168. The second-order valence-electron chi connectivity index (χ2n) is 9.14. The number of aromatic nitrogens is 3. The van der Waals surface area contributed by atoms with Gasteiger partial charge in [-0.1, -0.05) is 85.9 Å². The van der Waals surface area contributed by atoms with Gasteiger partial charge in [-0.25, -0.2) is 4.98 Å². The van der Waals surface area contributed by atoms with Gasteiger partial charge >= 0.3 is 0 Å². The maximum Gasteiger partial charge on any atom is 0.282 e. The van der Waals surface area contributed by atoms with E-state index in [2.05, 4.69) is 103 Å². The molecule has 0 amide bonds. The maximum absolute atomic E-state index is 13.6. The Bertz CT molecular complexity index is 1740. The van der Waals surface area contributed by atoms with Crippen LogP contribution in [0.25, 0.3) is 21.8 Å². The molecule has 0 saturated heterocycles. The molecule has 37 heavy (non-hydrogen) atoms. The zero-order valence-electron chi connectivity index (χ0n) is 20.7. The van der Waals surface area contributed by atoms with Crippen molar-refractivity contribution >= 4 is 75.8 Å². The first-order valence-corrected chi connectivity index (χ1v) is 14.4. The number of para-hydroxylation sites is 1. The summed E-state index contributed by atoms with van der Waals surface area (Å²) in [6, 6.07) is 20.1. The van der Waals surface area contributed by atoms with Gasteiger partial charge < -0.3 is 4.57 Å². The lowest BCUT2D eigenvalue weighted by molar-refractivity contribution is 0.613. The number of fused-ring (bicyclic) bond motifs is 2. The third kappa shape index (κ3) is 4.99. The fraction of sp³-hybridized carbons (Fsp3) is 0.207. The SMILES string of the molecule is CC[C@H](C)c1nc2ccc(Br)cc2c(=O)n1N=Cc1c(C)n(Cc2ccc(Br)cc2Br)c2ccccc12. The Labute approximate surface area is 240 Å². The molecule has 0 unspecified atom stereocenters. The molecule has 8 heteroatoms. The van der Waals surface area contributed by atoms with Crippen molar-refractivity contribution in [1.29, 1.82) is 0 Å². The molecule has 188 valence electrons. The summed E-state index contributed by atoms with van der Waals surface area (Å²) >= 11 is 10.7. The highest BCUT2D eigenvalue weighted by Gasteiger charge is 2.17. The Balaban J connectivity index is 1.67. The number of hydrogen-bond acceptors (Lipinski definition) is 3. The number of nitrogens with zero attached hydrogens (tertiary/aromatic N) is 4. The molecule has 2 heterocycles. The molecular formula is C29H25Br3N4O. The Morgan fingerprint density at radius 1 is 1.00 bits per heavy atom. The number of rotatable bonds is 6. The van der Waals surface area contributed by atoms with Crippen LogP contribution >= 0.6 is 47.8 Å². The van der Waals surface area contributed by atoms with E-state index in [4.69, 9.17) is 10.1 Å². The quantitative estimate of drug-likeness (QED) is 0.169. The van der Waals surface area contributed by atoms with Crippen LogP contribution in [-0.4, -0.2) is 20.4 Å². The molecule has 0 saturated carbocycles. The summed E-state index contributed by atoms with van der Waals surface area (Å²) in [6.45, 7) is 6.97. The molecule has 1 atom stereocenters. The minimum absolute atomic E-state index is 0.0788. The van der Waals surface area contributed by atoms with Crippen molar-refractivity contribution in [2.24, 2.45) is 5.10 Å². The maximum atomic E-state index is 13.6. The number of hydrogen-bond donors (Lipinski definition) is 0. The van der Waals surface area contributed by atoms with Gasteiger partial charge in [0.25, 0.3) is 5.56 Å². The lowest BCUT2D eigenvalue weighted by atomic mass is 10.1. The summed E-state index contributed by atoms with van der Waals surface area (Å²) in [7, 11) is 0. The van der Waals surface area contributed by atoms with Crippen molar-refractivity contribution < 1.29 is 0 Å². The molecule has 0 fully saturated rings. The zero-order valence-corrected chi connectivity index (χ0v) is 25.4. The highest BCUT2D eigenvalue weighted by atomic mass is 79.9. The lowest BCUT2D eigenvalue weighted by Gasteiger charge is -2.14. The van der Waals surface area contributed by atoms with Gasteiger partial charge in [0.15, 0.2) is 0 Å². The standard InChI is InChI=1S/C29H25Br3N4O/c1-4-17(2)28-34-26-12-11-20(30)13-23(26)29(37)36(28)33-15-24-18(3)35(27-8-6-5-7-22(24)27)16-19-9-10-21(31)14-25(19)32/h5-15,17H,4,16H2,1-3H3/t17-/m0/s1. The van der Waals surface area contributed by atoms with Crippen LogP contribution in [0.15, 0.2) is 84.0 Å². The van der Waals surface area contributed by atoms with E-state index in [0.717, 1.165) is 42.0 Å². The molecule has 0 N–H and O–H groups in total. The van der Waals surface area contributed by atoms with Crippen LogP contribution in [0.3, 0.4) is 0 Å². The fourth-order valence-corrected chi connectivity index (χ4v) is 6.07. The van der Waals surface area contributed by atoms with E-state index in [1.807, 2.05) is 36.5 Å². The molecule has 0 aliphatic rings. The van der Waals surface area contributed by atoms with Crippen molar-refractivity contribution in [2.75, 3.05) is 0 Å². The van der Waals surface area contributed by atoms with Gasteiger partial charge in [0.05, 0.1) is 17.1 Å². The Morgan fingerprint density at radius 2 is 1.73 bits per heavy atom. The zero-order chi connectivity index (χ0) is 26.3. The Hall–Kier alpha value is -2.55. The van der Waals surface area contributed by atoms with E-state index >= 15 is 0 Å². The van der Waals surface area contributed by atoms with Gasteiger partial charge in [0.1, 0.15) is 5.82 Å². The van der Waals surface area contributed by atoms with Crippen LogP contribution in [0.2, 0.25) is 0 Å². The lowest BCUT2D eigenvalue weighted by Crippen LogP contribution is -2.23. The monoisotopic (exact) mass is 682 g/mol. The van der Waals surface area contributed by atoms with Crippen LogP contribution in [0.1, 0.15) is 48.8 Å². The van der Waals surface area contributed by atoms with Gasteiger partial charge in [-0.2, -0.15) is 9.78 Å². The minimum Gasteiger partial charge on any atom is -0.340 e. The molecule has 5 rings (SSSR count). The average Bonchev–Trinajstić information content (AvgIpc) is 3.15. The predicted octanol–water partition coefficient (Wildman–Crippen LogP) is 8.39. The van der Waals surface area contributed by atoms with Crippen molar-refractivity contribution in [1.82, 2.24) is 14.2 Å². The summed E-state index contributed by atoms with van der Waals surface area (Å²) < 4.78 is 6.68. The van der Waals surface area contributed by atoms with Crippen LogP contribution in [-0.2, 0) is 6.54 Å². The van der Waals surface area contributed by atoms with Gasteiger partial charge in [-0.05, 0) is 55.3 Å². The average molecular weight is 685 g/mol. The first kappa shape index (κ1) is 26.1. The number of halogens is 3. The van der Waals surface area contributed by atoms with Gasteiger partial charge in [0.2, 0.25) is 0 Å². The van der Waals surface area contributed by atoms with Crippen molar-refractivity contribution in [3.05, 3.63) is 107 Å².